The molecular weight excluding hydrogens is 500 g/mol. The number of amides is 1. The second kappa shape index (κ2) is 10.6. The number of aromatic nitrogens is 2. The van der Waals surface area contributed by atoms with Gasteiger partial charge in [-0.2, -0.15) is 10.2 Å². The smallest absolute Gasteiger partial charge is 0.407 e. The molecule has 1 heterocycles. The third-order valence-corrected chi connectivity index (χ3v) is 8.44. The zero-order valence-corrected chi connectivity index (χ0v) is 23.1. The summed E-state index contributed by atoms with van der Waals surface area (Å²) in [7, 11) is 0. The van der Waals surface area contributed by atoms with Gasteiger partial charge in [0.05, 0.1) is 6.20 Å². The van der Waals surface area contributed by atoms with Gasteiger partial charge in [-0.05, 0) is 100 Å². The molecule has 2 aromatic rings. The average molecular weight is 537 g/mol. The molecule has 0 spiro atoms. The number of hydrogen-bond acceptors (Lipinski definition) is 7. The molecule has 3 unspecified atom stereocenters. The fourth-order valence-corrected chi connectivity index (χ4v) is 7.27. The minimum Gasteiger partial charge on any atom is -0.444 e. The number of anilines is 2. The lowest BCUT2D eigenvalue weighted by molar-refractivity contribution is -0.0703. The van der Waals surface area contributed by atoms with Crippen molar-refractivity contribution in [2.75, 3.05) is 23.7 Å². The van der Waals surface area contributed by atoms with Crippen LogP contribution in [0.4, 0.5) is 16.6 Å². The maximum atomic E-state index is 12.5. The van der Waals surface area contributed by atoms with E-state index in [-0.39, 0.29) is 17.6 Å². The first kappa shape index (κ1) is 26.6. The second-order valence-corrected chi connectivity index (χ2v) is 12.8. The van der Waals surface area contributed by atoms with E-state index < -0.39 is 5.60 Å². The third-order valence-electron chi connectivity index (χ3n) is 8.21. The van der Waals surface area contributed by atoms with Gasteiger partial charge in [0.2, 0.25) is 5.95 Å². The van der Waals surface area contributed by atoms with Crippen molar-refractivity contribution in [3.63, 3.8) is 0 Å². The molecular formula is C29H37ClN6O2. The first-order chi connectivity index (χ1) is 18.1. The Kier molecular flexibility index (Phi) is 7.41. The predicted octanol–water partition coefficient (Wildman–Crippen LogP) is 5.79. The van der Waals surface area contributed by atoms with Gasteiger partial charge in [-0.15, -0.1) is 0 Å². The van der Waals surface area contributed by atoms with Crippen molar-refractivity contribution < 1.29 is 9.53 Å². The van der Waals surface area contributed by atoms with Crippen molar-refractivity contribution in [1.82, 2.24) is 15.3 Å². The molecule has 1 aromatic heterocycles. The van der Waals surface area contributed by atoms with Crippen molar-refractivity contribution in [2.24, 2.45) is 23.2 Å². The zero-order chi connectivity index (χ0) is 26.9. The van der Waals surface area contributed by atoms with Crippen LogP contribution in [0.5, 0.6) is 0 Å². The maximum Gasteiger partial charge on any atom is 0.407 e. The molecule has 4 aliphatic rings. The summed E-state index contributed by atoms with van der Waals surface area (Å²) in [4.78, 5) is 21.5. The van der Waals surface area contributed by atoms with Gasteiger partial charge < -0.3 is 20.7 Å². The van der Waals surface area contributed by atoms with E-state index in [0.717, 1.165) is 49.2 Å². The number of nitriles is 1. The molecule has 5 atom stereocenters. The van der Waals surface area contributed by atoms with Gasteiger partial charge in [0.25, 0.3) is 0 Å². The van der Waals surface area contributed by atoms with Gasteiger partial charge >= 0.3 is 6.09 Å². The number of benzene rings is 1. The molecule has 0 aliphatic heterocycles. The highest BCUT2D eigenvalue weighted by molar-refractivity contribution is 6.30. The number of nitrogens with one attached hydrogen (secondary N) is 3. The van der Waals surface area contributed by atoms with E-state index in [0.29, 0.717) is 41.6 Å². The van der Waals surface area contributed by atoms with Crippen molar-refractivity contribution in [3.8, 4) is 6.07 Å². The lowest BCUT2D eigenvalue weighted by atomic mass is 9.48. The summed E-state index contributed by atoms with van der Waals surface area (Å²) in [5, 5.41) is 20.4. The van der Waals surface area contributed by atoms with Crippen molar-refractivity contribution in [1.29, 1.82) is 5.26 Å². The van der Waals surface area contributed by atoms with Crippen LogP contribution in [0, 0.1) is 34.5 Å². The highest BCUT2D eigenvalue weighted by Gasteiger charge is 2.55. The number of nitrogens with zero attached hydrogens (tertiary/aromatic N) is 3. The summed E-state index contributed by atoms with van der Waals surface area (Å²) in [6.45, 7) is 7.11. The summed E-state index contributed by atoms with van der Waals surface area (Å²) < 4.78 is 5.55. The Bertz CT molecular complexity index is 1210. The van der Waals surface area contributed by atoms with Crippen LogP contribution in [0.3, 0.4) is 0 Å². The molecule has 4 saturated carbocycles. The molecule has 4 aliphatic carbocycles. The number of rotatable bonds is 8. The molecule has 0 saturated heterocycles. The number of carbonyl (C=O) groups is 1. The van der Waals surface area contributed by atoms with Crippen LogP contribution in [0.15, 0.2) is 30.5 Å². The number of carbonyl (C=O) groups excluding carboxylic acids is 1. The minimum atomic E-state index is -0.500. The molecule has 4 bridgehead atoms. The number of alkyl carbamates (subject to hydrolysis) is 1. The van der Waals surface area contributed by atoms with E-state index in [1.54, 1.807) is 6.20 Å². The first-order valence-electron chi connectivity index (χ1n) is 13.6. The highest BCUT2D eigenvalue weighted by atomic mass is 35.5. The van der Waals surface area contributed by atoms with Gasteiger partial charge in [0, 0.05) is 24.2 Å². The Balaban J connectivity index is 1.21. The average Bonchev–Trinajstić information content (AvgIpc) is 2.84. The Morgan fingerprint density at radius 1 is 1.21 bits per heavy atom. The Labute approximate surface area is 229 Å². The van der Waals surface area contributed by atoms with Gasteiger partial charge in [-0.1, -0.05) is 23.7 Å². The van der Waals surface area contributed by atoms with Crippen LogP contribution >= 0.6 is 11.6 Å². The molecule has 6 rings (SSSR count). The first-order valence-corrected chi connectivity index (χ1v) is 14.0. The van der Waals surface area contributed by atoms with E-state index in [1.165, 1.54) is 6.42 Å². The van der Waals surface area contributed by atoms with Gasteiger partial charge in [0.1, 0.15) is 23.1 Å². The van der Waals surface area contributed by atoms with E-state index >= 15 is 0 Å². The highest BCUT2D eigenvalue weighted by Crippen LogP contribution is 2.60. The predicted molar refractivity (Wildman–Crippen MR) is 148 cm³/mol. The Hall–Kier alpha value is -3.05. The lowest BCUT2D eigenvalue weighted by Gasteiger charge is -2.60. The number of ether oxygens (including phenoxy) is 1. The normalized spacial score (nSPS) is 27.4. The molecule has 9 heteroatoms. The van der Waals surface area contributed by atoms with Gasteiger partial charge in [-0.25, -0.2) is 9.78 Å². The summed E-state index contributed by atoms with van der Waals surface area (Å²) in [5.74, 6) is 2.68. The third kappa shape index (κ3) is 6.15. The summed E-state index contributed by atoms with van der Waals surface area (Å²) in [6, 6.07) is 10.2. The minimum absolute atomic E-state index is 0.153. The molecule has 3 N–H and O–H groups in total. The van der Waals surface area contributed by atoms with Crippen LogP contribution in [-0.2, 0) is 11.2 Å². The van der Waals surface area contributed by atoms with Crippen LogP contribution in [-0.4, -0.2) is 40.8 Å². The fraction of sp³-hybridized carbons (Fsp3) is 0.586. The van der Waals surface area contributed by atoms with Crippen molar-refractivity contribution >= 4 is 29.5 Å². The maximum absolute atomic E-state index is 12.5. The fourth-order valence-electron chi connectivity index (χ4n) is 7.05. The number of halogens is 1. The van der Waals surface area contributed by atoms with Gasteiger partial charge in [-0.3, -0.25) is 0 Å². The lowest BCUT2D eigenvalue weighted by Crippen LogP contribution is -2.60. The molecule has 0 radical (unpaired) electrons. The topological polar surface area (TPSA) is 112 Å². The Morgan fingerprint density at radius 3 is 2.66 bits per heavy atom. The number of hydrogen-bond donors (Lipinski definition) is 3. The molecule has 8 nitrogen and oxygen atoms in total. The largest absolute Gasteiger partial charge is 0.444 e. The van der Waals surface area contributed by atoms with E-state index in [2.05, 4.69) is 32.0 Å². The van der Waals surface area contributed by atoms with Crippen LogP contribution < -0.4 is 16.0 Å². The van der Waals surface area contributed by atoms with Crippen molar-refractivity contribution in [2.45, 2.75) is 70.9 Å². The molecule has 1 aromatic carbocycles. The second-order valence-electron chi connectivity index (χ2n) is 12.4. The monoisotopic (exact) mass is 536 g/mol. The van der Waals surface area contributed by atoms with Crippen LogP contribution in [0.2, 0.25) is 5.02 Å². The summed E-state index contributed by atoms with van der Waals surface area (Å²) in [6.07, 6.45) is 7.69. The Morgan fingerprint density at radius 2 is 1.97 bits per heavy atom. The molecule has 1 amide bonds. The van der Waals surface area contributed by atoms with Gasteiger partial charge in [0.15, 0.2) is 0 Å². The molecule has 38 heavy (non-hydrogen) atoms. The standard InChI is InChI=1S/C29H37ClN6O2/c1-28(2,3)38-27(37)35-24-20-9-19-10-21(24)14-29(12-19,13-20)17-34-25-22(15-31)16-33-26(36-25)32-8-7-18-5-4-6-23(30)11-18/h4-6,11,16,19-21,24H,7-10,12-14,17H2,1-3H3,(H,35,37)(H2,32,33,34,36)/t19?,20-,21+,24?,29?. The molecule has 202 valence electrons. The van der Waals surface area contributed by atoms with E-state index in [4.69, 9.17) is 16.3 Å². The van der Waals surface area contributed by atoms with E-state index in [9.17, 15) is 10.1 Å². The van der Waals surface area contributed by atoms with E-state index in [1.807, 2.05) is 45.0 Å². The van der Waals surface area contributed by atoms with Crippen LogP contribution in [0.25, 0.3) is 0 Å². The van der Waals surface area contributed by atoms with Crippen LogP contribution in [0.1, 0.15) is 64.0 Å². The SMILES string of the molecule is CC(C)(C)OC(=O)NC1[C@@H]2CC3C[C@H]1CC(CNc1nc(NCCc4cccc(Cl)c4)ncc1C#N)(C3)C2. The summed E-state index contributed by atoms with van der Waals surface area (Å²) in [5.41, 5.74) is 1.23. The molecule has 4 fully saturated rings. The summed E-state index contributed by atoms with van der Waals surface area (Å²) >= 11 is 6.09. The van der Waals surface area contributed by atoms with Crippen molar-refractivity contribution in [3.05, 3.63) is 46.6 Å². The quantitative estimate of drug-likeness (QED) is 0.391. The zero-order valence-electron chi connectivity index (χ0n) is 22.4.